The Kier molecular flexibility index (Phi) is 21.2. The van der Waals surface area contributed by atoms with Gasteiger partial charge in [0.1, 0.15) is 13.2 Å². The molecular weight excluding hydrogens is 426 g/mol. The number of carboxylic acids is 1. The summed E-state index contributed by atoms with van der Waals surface area (Å²) in [5.74, 6) is -1.13. The first-order valence-corrected chi connectivity index (χ1v) is 14.7. The molecule has 0 saturated heterocycles. The molecule has 0 heterocycles. The Hall–Kier alpha value is -0.650. The maximum Gasteiger partial charge on any atom is 0.370 e. The van der Waals surface area contributed by atoms with E-state index in [0.29, 0.717) is 6.54 Å². The van der Waals surface area contributed by atoms with Crippen molar-refractivity contribution >= 4 is 5.97 Å². The molecule has 0 aliphatic heterocycles. The molecule has 34 heavy (non-hydrogen) atoms. The van der Waals surface area contributed by atoms with Crippen molar-refractivity contribution in [3.63, 3.8) is 0 Å². The van der Waals surface area contributed by atoms with Crippen LogP contribution in [0.15, 0.2) is 0 Å². The third-order valence-corrected chi connectivity index (χ3v) is 7.90. The van der Waals surface area contributed by atoms with Crippen molar-refractivity contribution in [2.75, 3.05) is 33.9 Å². The Labute approximate surface area is 211 Å². The van der Waals surface area contributed by atoms with Crippen LogP contribution in [0, 0.1) is 0 Å². The molecule has 0 aromatic heterocycles. The molecule has 5 heteroatoms. The third kappa shape index (κ3) is 14.7. The Morgan fingerprint density at radius 3 is 1.06 bits per heavy atom. The van der Waals surface area contributed by atoms with Gasteiger partial charge >= 0.3 is 5.97 Å². The Morgan fingerprint density at radius 2 is 0.824 bits per heavy atom. The summed E-state index contributed by atoms with van der Waals surface area (Å²) in [7, 11) is 3.58. The summed E-state index contributed by atoms with van der Waals surface area (Å²) < 4.78 is 0.106. The van der Waals surface area contributed by atoms with E-state index in [0.717, 1.165) is 12.8 Å². The van der Waals surface area contributed by atoms with Crippen molar-refractivity contribution in [2.45, 2.75) is 147 Å². The van der Waals surface area contributed by atoms with Crippen LogP contribution < -0.4 is 0 Å². The molecule has 0 amide bonds. The average Bonchev–Trinajstić information content (AvgIpc) is 2.80. The monoisotopic (exact) mass is 486 g/mol. The maximum atomic E-state index is 11.6. The molecule has 204 valence electrons. The van der Waals surface area contributed by atoms with Gasteiger partial charge in [0.25, 0.3) is 0 Å². The van der Waals surface area contributed by atoms with Crippen molar-refractivity contribution in [1.29, 1.82) is 0 Å². The van der Waals surface area contributed by atoms with Crippen LogP contribution in [0.25, 0.3) is 0 Å². The number of hydrogen-bond donors (Lipinski definition) is 3. The van der Waals surface area contributed by atoms with Crippen molar-refractivity contribution in [3.05, 3.63) is 0 Å². The van der Waals surface area contributed by atoms with Gasteiger partial charge in [-0.3, -0.25) is 0 Å². The van der Waals surface area contributed by atoms with Crippen LogP contribution in [0.5, 0.6) is 0 Å². The molecule has 0 rings (SSSR count). The van der Waals surface area contributed by atoms with E-state index in [1.807, 2.05) is 0 Å². The highest BCUT2D eigenvalue weighted by Crippen LogP contribution is 2.23. The van der Waals surface area contributed by atoms with Crippen LogP contribution in [0.4, 0.5) is 0 Å². The highest BCUT2D eigenvalue weighted by Gasteiger charge is 2.52. The Bertz CT molecular complexity index is 463. The van der Waals surface area contributed by atoms with E-state index in [1.165, 1.54) is 122 Å². The molecule has 0 atom stereocenters. The fourth-order valence-corrected chi connectivity index (χ4v) is 4.98. The van der Waals surface area contributed by atoms with Crippen LogP contribution in [0.1, 0.15) is 142 Å². The molecule has 0 fully saturated rings. The highest BCUT2D eigenvalue weighted by atomic mass is 16.4. The Balaban J connectivity index is 3.45. The van der Waals surface area contributed by atoms with E-state index in [2.05, 4.69) is 6.92 Å². The second kappa shape index (κ2) is 21.6. The molecule has 0 aromatic carbocycles. The normalized spacial score (nSPS) is 12.4. The largest absolute Gasteiger partial charge is 0.476 e. The topological polar surface area (TPSA) is 77.8 Å². The van der Waals surface area contributed by atoms with E-state index < -0.39 is 24.7 Å². The maximum absolute atomic E-state index is 11.6. The molecular formula is C29H60NO4+. The second-order valence-electron chi connectivity index (χ2n) is 11.1. The van der Waals surface area contributed by atoms with Crippen molar-refractivity contribution < 1.29 is 24.6 Å². The number of aliphatic hydroxyl groups excluding tert-OH is 2. The molecule has 3 N–H and O–H groups in total. The lowest BCUT2D eigenvalue weighted by Gasteiger charge is -2.43. The standard InChI is InChI=1S/C29H59NO4/c1-4-5-6-7-8-9-10-11-12-13-14-15-16-17-18-19-20-21-22-23-24-25-30(2,3)29(26-31,27-32)28(33)34/h31-32H,4-27H2,1-3H3/p+1. The lowest BCUT2D eigenvalue weighted by atomic mass is 9.96. The predicted molar refractivity (Wildman–Crippen MR) is 144 cm³/mol. The van der Waals surface area contributed by atoms with Crippen LogP contribution in [-0.4, -0.2) is 65.2 Å². The van der Waals surface area contributed by atoms with Gasteiger partial charge in [0.15, 0.2) is 0 Å². The van der Waals surface area contributed by atoms with E-state index in [9.17, 15) is 20.1 Å². The number of aliphatic hydroxyl groups is 2. The van der Waals surface area contributed by atoms with Gasteiger partial charge in [0, 0.05) is 0 Å². The van der Waals surface area contributed by atoms with Gasteiger partial charge in [-0.1, -0.05) is 129 Å². The third-order valence-electron chi connectivity index (χ3n) is 7.90. The first-order valence-electron chi connectivity index (χ1n) is 14.7. The lowest BCUT2D eigenvalue weighted by molar-refractivity contribution is -0.933. The van der Waals surface area contributed by atoms with Crippen LogP contribution in [0.2, 0.25) is 0 Å². The molecule has 0 spiro atoms. The molecule has 5 nitrogen and oxygen atoms in total. The fraction of sp³-hybridized carbons (Fsp3) is 0.966. The van der Waals surface area contributed by atoms with Gasteiger partial charge in [-0.05, 0) is 12.8 Å². The second-order valence-corrected chi connectivity index (χ2v) is 11.1. The zero-order chi connectivity index (χ0) is 25.5. The predicted octanol–water partition coefficient (Wildman–Crippen LogP) is 7.08. The lowest BCUT2D eigenvalue weighted by Crippen LogP contribution is -2.68. The molecule has 0 unspecified atom stereocenters. The van der Waals surface area contributed by atoms with Gasteiger partial charge < -0.3 is 19.8 Å². The van der Waals surface area contributed by atoms with E-state index in [-0.39, 0.29) is 4.48 Å². The number of aliphatic carboxylic acids is 1. The van der Waals surface area contributed by atoms with Gasteiger partial charge in [0.05, 0.1) is 20.6 Å². The summed E-state index contributed by atoms with van der Waals surface area (Å²) in [5, 5.41) is 28.7. The minimum atomic E-state index is -1.52. The molecule has 0 aromatic rings. The smallest absolute Gasteiger partial charge is 0.370 e. The number of likely N-dealkylation sites (N-methyl/N-ethyl adjacent to an activating group) is 1. The Morgan fingerprint density at radius 1 is 0.559 bits per heavy atom. The first-order chi connectivity index (χ1) is 16.4. The zero-order valence-electron chi connectivity index (χ0n) is 23.2. The van der Waals surface area contributed by atoms with Gasteiger partial charge in [-0.2, -0.15) is 0 Å². The molecule has 0 aliphatic rings. The van der Waals surface area contributed by atoms with E-state index in [1.54, 1.807) is 14.1 Å². The fourth-order valence-electron chi connectivity index (χ4n) is 4.98. The highest BCUT2D eigenvalue weighted by molar-refractivity contribution is 5.77. The van der Waals surface area contributed by atoms with Crippen molar-refractivity contribution in [3.8, 4) is 0 Å². The number of carboxylic acid groups (broad SMARTS) is 1. The van der Waals surface area contributed by atoms with Crippen LogP contribution in [-0.2, 0) is 4.79 Å². The minimum Gasteiger partial charge on any atom is -0.476 e. The van der Waals surface area contributed by atoms with E-state index in [4.69, 9.17) is 0 Å². The summed E-state index contributed by atoms with van der Waals surface area (Å²) in [4.78, 5) is 11.6. The van der Waals surface area contributed by atoms with Crippen LogP contribution in [0.3, 0.4) is 0 Å². The molecule has 0 bridgehead atoms. The summed E-state index contributed by atoms with van der Waals surface area (Å²) in [5.41, 5.74) is -1.52. The number of nitrogens with zero attached hydrogens (tertiary/aromatic N) is 1. The zero-order valence-corrected chi connectivity index (χ0v) is 23.2. The number of quaternary nitrogens is 1. The van der Waals surface area contributed by atoms with Crippen molar-refractivity contribution in [2.24, 2.45) is 0 Å². The number of rotatable bonds is 26. The molecule has 0 radical (unpaired) electrons. The minimum absolute atomic E-state index is 0.106. The molecule has 0 aliphatic carbocycles. The summed E-state index contributed by atoms with van der Waals surface area (Å²) in [6.45, 7) is 1.83. The molecule has 0 saturated carbocycles. The first kappa shape index (κ1) is 33.4. The quantitative estimate of drug-likeness (QED) is 0.0901. The number of unbranched alkanes of at least 4 members (excludes halogenated alkanes) is 20. The summed E-state index contributed by atoms with van der Waals surface area (Å²) in [6, 6.07) is 0. The number of hydrogen-bond acceptors (Lipinski definition) is 3. The summed E-state index contributed by atoms with van der Waals surface area (Å²) >= 11 is 0. The van der Waals surface area contributed by atoms with E-state index >= 15 is 0 Å². The van der Waals surface area contributed by atoms with Gasteiger partial charge in [0.2, 0.25) is 5.54 Å². The van der Waals surface area contributed by atoms with Crippen molar-refractivity contribution in [1.82, 2.24) is 0 Å². The van der Waals surface area contributed by atoms with Gasteiger partial charge in [-0.25, -0.2) is 4.79 Å². The van der Waals surface area contributed by atoms with Gasteiger partial charge in [-0.15, -0.1) is 0 Å². The summed E-state index contributed by atoms with van der Waals surface area (Å²) in [6.07, 6.45) is 28.3. The number of carbonyl (C=O) groups is 1. The SMILES string of the molecule is CCCCCCCCCCCCCCCCCCCCCCC[N+](C)(C)C(CO)(CO)C(=O)O. The average molecular weight is 487 g/mol. The van der Waals surface area contributed by atoms with Crippen LogP contribution >= 0.6 is 0 Å².